The summed E-state index contributed by atoms with van der Waals surface area (Å²) in [6, 6.07) is 5.24. The predicted octanol–water partition coefficient (Wildman–Crippen LogP) is 2.60. The Morgan fingerprint density at radius 1 is 1.22 bits per heavy atom. The number of carbonyl (C=O) groups is 1. The first-order valence-corrected chi connectivity index (χ1v) is 7.77. The molecule has 7 nitrogen and oxygen atoms in total. The molecule has 0 spiro atoms. The normalized spacial score (nSPS) is 10.2. The van der Waals surface area contributed by atoms with Gasteiger partial charge in [-0.1, -0.05) is 0 Å². The Kier molecular flexibility index (Phi) is 6.19. The third kappa shape index (κ3) is 4.57. The first-order valence-electron chi connectivity index (χ1n) is 6.89. The van der Waals surface area contributed by atoms with E-state index in [4.69, 9.17) is 14.2 Å². The van der Waals surface area contributed by atoms with Crippen LogP contribution in [-0.2, 0) is 4.74 Å². The molecule has 0 unspecified atom stereocenters. The van der Waals surface area contributed by atoms with E-state index in [1.54, 1.807) is 21.3 Å². The number of amides is 2. The number of methoxy groups -OCH3 is 3. The van der Waals surface area contributed by atoms with Crippen molar-refractivity contribution < 1.29 is 19.0 Å². The van der Waals surface area contributed by atoms with E-state index in [2.05, 4.69) is 15.6 Å². The van der Waals surface area contributed by atoms with Crippen molar-refractivity contribution in [2.75, 3.05) is 39.8 Å². The maximum atomic E-state index is 11.7. The molecule has 1 aromatic carbocycles. The fraction of sp³-hybridized carbons (Fsp3) is 0.333. The van der Waals surface area contributed by atoms with Crippen molar-refractivity contribution in [3.63, 3.8) is 0 Å². The molecule has 8 heteroatoms. The maximum Gasteiger partial charge on any atom is 0.321 e. The van der Waals surface area contributed by atoms with Crippen LogP contribution in [0.4, 0.5) is 9.93 Å². The Balaban J connectivity index is 2.05. The number of anilines is 1. The molecule has 0 aliphatic rings. The second-order valence-electron chi connectivity index (χ2n) is 4.48. The highest BCUT2D eigenvalue weighted by molar-refractivity contribution is 7.14. The second-order valence-corrected chi connectivity index (χ2v) is 5.34. The van der Waals surface area contributed by atoms with Crippen LogP contribution in [0.5, 0.6) is 11.5 Å². The van der Waals surface area contributed by atoms with Crippen molar-refractivity contribution in [2.45, 2.75) is 0 Å². The molecule has 0 saturated heterocycles. The van der Waals surface area contributed by atoms with Gasteiger partial charge in [-0.15, -0.1) is 11.3 Å². The minimum absolute atomic E-state index is 0.310. The van der Waals surface area contributed by atoms with Gasteiger partial charge in [0.1, 0.15) is 0 Å². The molecule has 1 aromatic heterocycles. The number of rotatable bonds is 7. The number of nitrogens with one attached hydrogen (secondary N) is 2. The molecular formula is C15H19N3O4S. The molecule has 124 valence electrons. The van der Waals surface area contributed by atoms with Gasteiger partial charge in [0.05, 0.1) is 26.5 Å². The van der Waals surface area contributed by atoms with Crippen LogP contribution in [0.1, 0.15) is 0 Å². The van der Waals surface area contributed by atoms with E-state index < -0.39 is 0 Å². The number of thiazole rings is 1. The summed E-state index contributed by atoms with van der Waals surface area (Å²) in [5.41, 5.74) is 1.63. The van der Waals surface area contributed by atoms with Gasteiger partial charge in [0.2, 0.25) is 0 Å². The van der Waals surface area contributed by atoms with Crippen LogP contribution in [0.25, 0.3) is 11.3 Å². The van der Waals surface area contributed by atoms with Gasteiger partial charge in [0.25, 0.3) is 0 Å². The summed E-state index contributed by atoms with van der Waals surface area (Å²) in [7, 11) is 4.75. The Bertz CT molecular complexity index is 660. The Hall–Kier alpha value is -2.32. The molecule has 0 radical (unpaired) electrons. The van der Waals surface area contributed by atoms with Gasteiger partial charge >= 0.3 is 6.03 Å². The van der Waals surface area contributed by atoms with Crippen molar-refractivity contribution >= 4 is 22.5 Å². The highest BCUT2D eigenvalue weighted by atomic mass is 32.1. The molecule has 2 rings (SSSR count). The highest BCUT2D eigenvalue weighted by Crippen LogP contribution is 2.33. The van der Waals surface area contributed by atoms with Crippen molar-refractivity contribution in [3.05, 3.63) is 23.6 Å². The van der Waals surface area contributed by atoms with E-state index in [0.29, 0.717) is 29.8 Å². The molecule has 0 saturated carbocycles. The van der Waals surface area contributed by atoms with Crippen LogP contribution in [0.3, 0.4) is 0 Å². The lowest BCUT2D eigenvalue weighted by Crippen LogP contribution is -2.31. The fourth-order valence-corrected chi connectivity index (χ4v) is 2.58. The molecule has 2 aromatic rings. The summed E-state index contributed by atoms with van der Waals surface area (Å²) in [6.07, 6.45) is 0. The summed E-state index contributed by atoms with van der Waals surface area (Å²) in [6.45, 7) is 0.901. The maximum absolute atomic E-state index is 11.7. The number of hydrogen-bond acceptors (Lipinski definition) is 6. The summed E-state index contributed by atoms with van der Waals surface area (Å²) in [5, 5.41) is 7.74. The third-order valence-corrected chi connectivity index (χ3v) is 3.75. The van der Waals surface area contributed by atoms with Crippen LogP contribution in [0, 0.1) is 0 Å². The van der Waals surface area contributed by atoms with Gasteiger partial charge in [0, 0.05) is 24.6 Å². The number of benzene rings is 1. The van der Waals surface area contributed by atoms with E-state index in [1.165, 1.54) is 11.3 Å². The quantitative estimate of drug-likeness (QED) is 0.759. The van der Waals surface area contributed by atoms with Gasteiger partial charge in [-0.05, 0) is 18.2 Å². The minimum atomic E-state index is -0.310. The standard InChI is InChI=1S/C15H19N3O4S/c1-20-7-6-16-14(19)18-15-17-11(9-23-15)10-4-5-12(21-2)13(8-10)22-3/h4-5,8-9H,6-7H2,1-3H3,(H2,16,17,18,19). The molecule has 0 aliphatic heterocycles. The predicted molar refractivity (Wildman–Crippen MR) is 89.6 cm³/mol. The van der Waals surface area contributed by atoms with Crippen LogP contribution in [-0.4, -0.2) is 45.5 Å². The highest BCUT2D eigenvalue weighted by Gasteiger charge is 2.10. The monoisotopic (exact) mass is 337 g/mol. The average Bonchev–Trinajstić information content (AvgIpc) is 3.02. The van der Waals surface area contributed by atoms with Crippen molar-refractivity contribution in [1.82, 2.24) is 10.3 Å². The van der Waals surface area contributed by atoms with Gasteiger partial charge < -0.3 is 19.5 Å². The number of aromatic nitrogens is 1. The topological polar surface area (TPSA) is 81.7 Å². The Morgan fingerprint density at radius 2 is 2.00 bits per heavy atom. The van der Waals surface area contributed by atoms with Crippen LogP contribution >= 0.6 is 11.3 Å². The minimum Gasteiger partial charge on any atom is -0.493 e. The zero-order valence-corrected chi connectivity index (χ0v) is 14.0. The molecular weight excluding hydrogens is 318 g/mol. The van der Waals surface area contributed by atoms with Crippen molar-refractivity contribution in [3.8, 4) is 22.8 Å². The number of urea groups is 1. The average molecular weight is 337 g/mol. The zero-order valence-electron chi connectivity index (χ0n) is 13.2. The lowest BCUT2D eigenvalue weighted by molar-refractivity contribution is 0.198. The summed E-state index contributed by atoms with van der Waals surface area (Å²) in [5.74, 6) is 1.28. The van der Waals surface area contributed by atoms with E-state index >= 15 is 0 Å². The van der Waals surface area contributed by atoms with Crippen molar-refractivity contribution in [1.29, 1.82) is 0 Å². The summed E-state index contributed by atoms with van der Waals surface area (Å²) >= 11 is 1.35. The summed E-state index contributed by atoms with van der Waals surface area (Å²) in [4.78, 5) is 16.1. The smallest absolute Gasteiger partial charge is 0.321 e. The molecule has 1 heterocycles. The molecule has 0 bridgehead atoms. The number of hydrogen-bond donors (Lipinski definition) is 2. The van der Waals surface area contributed by atoms with Crippen LogP contribution in [0.15, 0.2) is 23.6 Å². The number of carbonyl (C=O) groups excluding carboxylic acids is 1. The van der Waals surface area contributed by atoms with E-state index in [9.17, 15) is 4.79 Å². The molecule has 0 aliphatic carbocycles. The van der Waals surface area contributed by atoms with Crippen molar-refractivity contribution in [2.24, 2.45) is 0 Å². The number of nitrogens with zero attached hydrogens (tertiary/aromatic N) is 1. The Morgan fingerprint density at radius 3 is 2.70 bits per heavy atom. The van der Waals surface area contributed by atoms with E-state index in [1.807, 2.05) is 23.6 Å². The Labute approximate surface area is 138 Å². The largest absolute Gasteiger partial charge is 0.493 e. The second kappa shape index (κ2) is 8.35. The van der Waals surface area contributed by atoms with Crippen LogP contribution < -0.4 is 20.1 Å². The fourth-order valence-electron chi connectivity index (χ4n) is 1.87. The zero-order chi connectivity index (χ0) is 16.7. The van der Waals surface area contributed by atoms with Gasteiger partial charge in [-0.2, -0.15) is 0 Å². The first-order chi connectivity index (χ1) is 11.2. The lowest BCUT2D eigenvalue weighted by atomic mass is 10.1. The molecule has 2 amide bonds. The molecule has 23 heavy (non-hydrogen) atoms. The molecule has 2 N–H and O–H groups in total. The van der Waals surface area contributed by atoms with Gasteiger partial charge in [0.15, 0.2) is 16.6 Å². The number of ether oxygens (including phenoxy) is 3. The lowest BCUT2D eigenvalue weighted by Gasteiger charge is -2.08. The third-order valence-electron chi connectivity index (χ3n) is 3.00. The SMILES string of the molecule is COCCNC(=O)Nc1nc(-c2ccc(OC)c(OC)c2)cs1. The summed E-state index contributed by atoms with van der Waals surface area (Å²) < 4.78 is 15.4. The van der Waals surface area contributed by atoms with E-state index in [0.717, 1.165) is 11.3 Å². The van der Waals surface area contributed by atoms with Gasteiger partial charge in [-0.25, -0.2) is 9.78 Å². The van der Waals surface area contributed by atoms with E-state index in [-0.39, 0.29) is 6.03 Å². The first kappa shape index (κ1) is 17.0. The molecule has 0 atom stereocenters. The molecule has 0 fully saturated rings. The van der Waals surface area contributed by atoms with Crippen LogP contribution in [0.2, 0.25) is 0 Å². The van der Waals surface area contributed by atoms with Gasteiger partial charge in [-0.3, -0.25) is 5.32 Å².